The zero-order valence-electron chi connectivity index (χ0n) is 8.62. The molecule has 0 heterocycles. The molecule has 4 nitrogen and oxygen atoms in total. The molecule has 0 aliphatic carbocycles. The summed E-state index contributed by atoms with van der Waals surface area (Å²) in [6, 6.07) is 0. The van der Waals surface area contributed by atoms with E-state index in [-0.39, 0.29) is 72.0 Å². The zero-order chi connectivity index (χ0) is 9.98. The van der Waals surface area contributed by atoms with E-state index < -0.39 is 11.9 Å². The summed E-state index contributed by atoms with van der Waals surface area (Å²) < 4.78 is 0. The molecule has 0 bridgehead atoms. The Morgan fingerprint density at radius 3 is 1.14 bits per heavy atom. The topological polar surface area (TPSA) is 80.3 Å². The molecular weight excluding hydrogens is 206 g/mol. The van der Waals surface area contributed by atoms with Gasteiger partial charge in [-0.2, -0.15) is 0 Å². The molecule has 0 saturated heterocycles. The van der Waals surface area contributed by atoms with Gasteiger partial charge in [-0.3, -0.25) is 0 Å². The molecule has 0 amide bonds. The third-order valence-corrected chi connectivity index (χ3v) is 0.622. The Morgan fingerprint density at radius 1 is 0.929 bits per heavy atom. The molecule has 0 spiro atoms. The molecule has 0 rings (SSSR count). The average molecular weight is 216 g/mol. The van der Waals surface area contributed by atoms with Gasteiger partial charge in [-0.25, -0.2) is 0 Å². The first-order chi connectivity index (χ1) is 5.54. The summed E-state index contributed by atoms with van der Waals surface area (Å²) in [4.78, 5) is 18.8. The molecule has 0 aliphatic heterocycles. The van der Waals surface area contributed by atoms with Gasteiger partial charge in [0.25, 0.3) is 0 Å². The van der Waals surface area contributed by atoms with Crippen LogP contribution in [0, 0.1) is 0 Å². The standard InChI is InChI=1S/2C4H6O2.2Na/c2*1-2-3-4(5)6;;/h2*2H,1,3H2,(H,5,6);;/q;;2*+1/p-2. The summed E-state index contributed by atoms with van der Waals surface area (Å²) in [6.07, 6.45) is 2.46. The molecule has 0 saturated carbocycles. The minimum absolute atomic E-state index is 0. The number of carboxylic acid groups (broad SMARTS) is 2. The fourth-order valence-electron chi connectivity index (χ4n) is 0.236. The molecule has 0 fully saturated rings. The Kier molecular flexibility index (Phi) is 32.6. The monoisotopic (exact) mass is 216 g/mol. The van der Waals surface area contributed by atoms with Crippen molar-refractivity contribution in [3.63, 3.8) is 0 Å². The maximum absolute atomic E-state index is 9.42. The van der Waals surface area contributed by atoms with Crippen molar-refractivity contribution in [3.8, 4) is 0 Å². The van der Waals surface area contributed by atoms with Crippen molar-refractivity contribution >= 4 is 11.9 Å². The second-order valence-corrected chi connectivity index (χ2v) is 1.73. The minimum Gasteiger partial charge on any atom is -0.550 e. The molecule has 6 heteroatoms. The van der Waals surface area contributed by atoms with E-state index in [1.165, 1.54) is 12.2 Å². The SMILES string of the molecule is C=CCC(=O)[O-].C=CCC(=O)[O-].[Na+].[Na+]. The molecule has 0 aromatic carbocycles. The van der Waals surface area contributed by atoms with Gasteiger partial charge in [0.15, 0.2) is 0 Å². The van der Waals surface area contributed by atoms with E-state index in [0.29, 0.717) is 0 Å². The van der Waals surface area contributed by atoms with Crippen LogP contribution in [0.25, 0.3) is 0 Å². The van der Waals surface area contributed by atoms with Crippen LogP contribution < -0.4 is 69.3 Å². The van der Waals surface area contributed by atoms with Crippen LogP contribution in [0.1, 0.15) is 12.8 Å². The van der Waals surface area contributed by atoms with E-state index in [2.05, 4.69) is 13.2 Å². The van der Waals surface area contributed by atoms with Crippen LogP contribution in [0.4, 0.5) is 0 Å². The number of carbonyl (C=O) groups is 2. The molecule has 0 N–H and O–H groups in total. The molecule has 0 atom stereocenters. The molecule has 0 aromatic heterocycles. The van der Waals surface area contributed by atoms with Crippen LogP contribution >= 0.6 is 0 Å². The number of aliphatic carboxylic acids is 2. The van der Waals surface area contributed by atoms with Crippen molar-refractivity contribution in [1.82, 2.24) is 0 Å². The van der Waals surface area contributed by atoms with E-state index >= 15 is 0 Å². The number of hydrogen-bond acceptors (Lipinski definition) is 4. The first-order valence-electron chi connectivity index (χ1n) is 3.16. The van der Waals surface area contributed by atoms with Crippen molar-refractivity contribution in [2.75, 3.05) is 0 Å². The largest absolute Gasteiger partial charge is 1.00 e. The Labute approximate surface area is 128 Å². The Hall–Kier alpha value is 0.420. The Balaban J connectivity index is -0.0000000625. The summed E-state index contributed by atoms with van der Waals surface area (Å²) in [5.74, 6) is -2.16. The summed E-state index contributed by atoms with van der Waals surface area (Å²) >= 11 is 0. The normalized spacial score (nSPS) is 6.29. The molecule has 68 valence electrons. The second-order valence-electron chi connectivity index (χ2n) is 1.73. The first kappa shape index (κ1) is 23.9. The van der Waals surface area contributed by atoms with Gasteiger partial charge < -0.3 is 19.8 Å². The number of carbonyl (C=O) groups excluding carboxylic acids is 2. The van der Waals surface area contributed by atoms with E-state index in [0.717, 1.165) is 0 Å². The third kappa shape index (κ3) is 39.3. The molecule has 0 radical (unpaired) electrons. The van der Waals surface area contributed by atoms with Crippen molar-refractivity contribution in [3.05, 3.63) is 25.3 Å². The van der Waals surface area contributed by atoms with Crippen molar-refractivity contribution in [2.45, 2.75) is 12.8 Å². The van der Waals surface area contributed by atoms with E-state index in [1.807, 2.05) is 0 Å². The van der Waals surface area contributed by atoms with Gasteiger partial charge in [0.1, 0.15) is 0 Å². The molecule has 14 heavy (non-hydrogen) atoms. The average Bonchev–Trinajstić information content (AvgIpc) is 1.87. The van der Waals surface area contributed by atoms with E-state index in [9.17, 15) is 19.8 Å². The zero-order valence-corrected chi connectivity index (χ0v) is 12.6. The summed E-state index contributed by atoms with van der Waals surface area (Å²) in [6.45, 7) is 6.36. The van der Waals surface area contributed by atoms with Crippen LogP contribution in [0.3, 0.4) is 0 Å². The maximum atomic E-state index is 9.42. The predicted molar refractivity (Wildman–Crippen MR) is 39.6 cm³/mol. The quantitative estimate of drug-likeness (QED) is 0.345. The van der Waals surface area contributed by atoms with E-state index in [1.54, 1.807) is 0 Å². The second kappa shape index (κ2) is 19.1. The first-order valence-corrected chi connectivity index (χ1v) is 3.16. The Bertz CT molecular complexity index is 160. The van der Waals surface area contributed by atoms with Crippen molar-refractivity contribution in [1.29, 1.82) is 0 Å². The number of rotatable bonds is 4. The van der Waals surface area contributed by atoms with Crippen LogP contribution in [0.2, 0.25) is 0 Å². The maximum Gasteiger partial charge on any atom is 1.00 e. The van der Waals surface area contributed by atoms with Gasteiger partial charge in [-0.15, -0.1) is 13.2 Å². The predicted octanol–water partition coefficient (Wildman–Crippen LogP) is -7.37. The van der Waals surface area contributed by atoms with E-state index in [4.69, 9.17) is 0 Å². The van der Waals surface area contributed by atoms with Gasteiger partial charge in [0, 0.05) is 24.8 Å². The molecule has 0 aromatic rings. The Morgan fingerprint density at radius 2 is 1.14 bits per heavy atom. The summed E-state index contributed by atoms with van der Waals surface area (Å²) in [7, 11) is 0. The van der Waals surface area contributed by atoms with Gasteiger partial charge in [0.2, 0.25) is 0 Å². The van der Waals surface area contributed by atoms with Gasteiger partial charge in [0.05, 0.1) is 0 Å². The minimum atomic E-state index is -1.08. The van der Waals surface area contributed by atoms with Crippen molar-refractivity contribution < 1.29 is 78.9 Å². The van der Waals surface area contributed by atoms with Crippen LogP contribution in [0.5, 0.6) is 0 Å². The molecule has 0 aliphatic rings. The molecular formula is C8H10Na2O4. The number of hydrogen-bond donors (Lipinski definition) is 0. The van der Waals surface area contributed by atoms with Gasteiger partial charge in [-0.05, 0) is 0 Å². The fourth-order valence-corrected chi connectivity index (χ4v) is 0.236. The summed E-state index contributed by atoms with van der Waals surface area (Å²) in [5, 5.41) is 18.8. The fraction of sp³-hybridized carbons (Fsp3) is 0.250. The smallest absolute Gasteiger partial charge is 0.550 e. The number of carboxylic acids is 2. The van der Waals surface area contributed by atoms with Crippen LogP contribution in [0.15, 0.2) is 25.3 Å². The molecule has 0 unspecified atom stereocenters. The third-order valence-electron chi connectivity index (χ3n) is 0.622. The van der Waals surface area contributed by atoms with Gasteiger partial charge in [-0.1, -0.05) is 12.2 Å². The van der Waals surface area contributed by atoms with Gasteiger partial charge >= 0.3 is 59.1 Å². The van der Waals surface area contributed by atoms with Crippen LogP contribution in [-0.2, 0) is 9.59 Å². The summed E-state index contributed by atoms with van der Waals surface area (Å²) in [5.41, 5.74) is 0. The van der Waals surface area contributed by atoms with Crippen molar-refractivity contribution in [2.24, 2.45) is 0 Å². The van der Waals surface area contributed by atoms with Crippen LogP contribution in [-0.4, -0.2) is 11.9 Å².